The van der Waals surface area contributed by atoms with Gasteiger partial charge in [-0.2, -0.15) is 0 Å². The van der Waals surface area contributed by atoms with Gasteiger partial charge in [0, 0.05) is 24.5 Å². The monoisotopic (exact) mass is 295 g/mol. The van der Waals surface area contributed by atoms with E-state index in [2.05, 4.69) is 10.3 Å². The number of carbonyl (C=O) groups is 1. The highest BCUT2D eigenvalue weighted by molar-refractivity contribution is 7.14. The van der Waals surface area contributed by atoms with Crippen molar-refractivity contribution in [2.45, 2.75) is 12.5 Å². The molecule has 2 aromatic heterocycles. The summed E-state index contributed by atoms with van der Waals surface area (Å²) in [5, 5.41) is 8.24. The van der Waals surface area contributed by atoms with Gasteiger partial charge in [0.05, 0.1) is 11.5 Å². The van der Waals surface area contributed by atoms with Crippen LogP contribution in [-0.4, -0.2) is 35.1 Å². The number of aromatic nitrogens is 1. The van der Waals surface area contributed by atoms with Crippen molar-refractivity contribution in [1.82, 2.24) is 9.88 Å². The van der Waals surface area contributed by atoms with E-state index < -0.39 is 0 Å². The van der Waals surface area contributed by atoms with E-state index in [0.717, 1.165) is 11.4 Å². The summed E-state index contributed by atoms with van der Waals surface area (Å²) in [5.41, 5.74) is 0. The molecule has 2 aromatic rings. The Labute approximate surface area is 118 Å². The lowest BCUT2D eigenvalue weighted by Crippen LogP contribution is -2.34. The Hall–Kier alpha value is -1.60. The molecule has 1 atom stereocenters. The summed E-state index contributed by atoms with van der Waals surface area (Å²) in [7, 11) is 0. The van der Waals surface area contributed by atoms with Crippen molar-refractivity contribution < 1.29 is 9.53 Å². The Bertz CT molecular complexity index is 527. The highest BCUT2D eigenvalue weighted by Gasteiger charge is 2.28. The summed E-state index contributed by atoms with van der Waals surface area (Å²) in [4.78, 5) is 17.9. The normalized spacial score (nSPS) is 18.5. The van der Waals surface area contributed by atoms with Crippen LogP contribution < -0.4 is 10.1 Å². The minimum atomic E-state index is -0.0623. The molecule has 0 bridgehead atoms. The molecule has 0 spiro atoms. The number of ether oxygens (including phenoxy) is 1. The zero-order valence-electron chi connectivity index (χ0n) is 10.1. The maximum atomic E-state index is 12.0. The van der Waals surface area contributed by atoms with Crippen molar-refractivity contribution in [2.24, 2.45) is 0 Å². The second kappa shape index (κ2) is 5.58. The fraction of sp³-hybridized carbons (Fsp3) is 0.333. The van der Waals surface area contributed by atoms with Gasteiger partial charge >= 0.3 is 6.03 Å². The summed E-state index contributed by atoms with van der Waals surface area (Å²) in [5.74, 6) is 0. The molecule has 19 heavy (non-hydrogen) atoms. The fourth-order valence-electron chi connectivity index (χ4n) is 1.95. The highest BCUT2D eigenvalue weighted by atomic mass is 32.1. The van der Waals surface area contributed by atoms with Crippen LogP contribution in [0.3, 0.4) is 0 Å². The van der Waals surface area contributed by atoms with Gasteiger partial charge in [-0.15, -0.1) is 11.3 Å². The van der Waals surface area contributed by atoms with Crippen molar-refractivity contribution in [3.63, 3.8) is 0 Å². The number of amides is 2. The number of urea groups is 1. The molecule has 1 fully saturated rings. The molecule has 1 aliphatic heterocycles. The zero-order chi connectivity index (χ0) is 13.1. The molecule has 0 aliphatic carbocycles. The molecule has 1 N–H and O–H groups in total. The minimum absolute atomic E-state index is 0.0419. The van der Waals surface area contributed by atoms with E-state index in [9.17, 15) is 4.79 Å². The molecule has 3 heterocycles. The van der Waals surface area contributed by atoms with Crippen LogP contribution in [0.1, 0.15) is 6.42 Å². The van der Waals surface area contributed by atoms with E-state index >= 15 is 0 Å². The molecule has 0 saturated carbocycles. The van der Waals surface area contributed by atoms with Crippen LogP contribution >= 0.6 is 22.7 Å². The van der Waals surface area contributed by atoms with Gasteiger partial charge in [0.15, 0.2) is 0 Å². The number of carbonyl (C=O) groups excluding carboxylic acids is 1. The van der Waals surface area contributed by atoms with E-state index in [1.165, 1.54) is 22.7 Å². The number of hydrogen-bond donors (Lipinski definition) is 1. The van der Waals surface area contributed by atoms with E-state index in [1.54, 1.807) is 11.1 Å². The van der Waals surface area contributed by atoms with Crippen LogP contribution in [0, 0.1) is 0 Å². The number of likely N-dealkylation sites (tertiary alicyclic amines) is 1. The average molecular weight is 295 g/mol. The lowest BCUT2D eigenvalue weighted by atomic mass is 10.3. The van der Waals surface area contributed by atoms with Gasteiger partial charge in [0.25, 0.3) is 5.19 Å². The first kappa shape index (κ1) is 12.4. The van der Waals surface area contributed by atoms with Crippen molar-refractivity contribution in [3.05, 3.63) is 29.1 Å². The van der Waals surface area contributed by atoms with Gasteiger partial charge in [-0.05, 0) is 17.5 Å². The first-order chi connectivity index (χ1) is 9.31. The number of anilines is 1. The standard InChI is InChI=1S/C12H13N3O2S2/c16-11(14-10-2-1-6-18-10)15-5-3-9(8-15)17-12-13-4-7-19-12/h1-2,4,6-7,9H,3,5,8H2,(H,14,16)/t9-/m1/s1. The van der Waals surface area contributed by atoms with Crippen molar-refractivity contribution in [2.75, 3.05) is 18.4 Å². The molecule has 0 radical (unpaired) electrons. The van der Waals surface area contributed by atoms with Crippen LogP contribution in [0.2, 0.25) is 0 Å². The summed E-state index contributed by atoms with van der Waals surface area (Å²) in [6.45, 7) is 1.32. The number of thiophene rings is 1. The molecule has 1 aliphatic rings. The number of hydrogen-bond acceptors (Lipinski definition) is 5. The Balaban J connectivity index is 1.52. The topological polar surface area (TPSA) is 54.5 Å². The van der Waals surface area contributed by atoms with Gasteiger partial charge in [-0.1, -0.05) is 11.3 Å². The molecule has 5 nitrogen and oxygen atoms in total. The predicted octanol–water partition coefficient (Wildman–Crippen LogP) is 2.89. The van der Waals surface area contributed by atoms with E-state index in [0.29, 0.717) is 18.3 Å². The third-order valence-corrected chi connectivity index (χ3v) is 4.31. The molecular formula is C12H13N3O2S2. The molecule has 0 aromatic carbocycles. The number of nitrogens with zero attached hydrogens (tertiary/aromatic N) is 2. The van der Waals surface area contributed by atoms with Gasteiger partial charge in [-0.3, -0.25) is 5.32 Å². The number of rotatable bonds is 3. The summed E-state index contributed by atoms with van der Waals surface area (Å²) < 4.78 is 5.72. The summed E-state index contributed by atoms with van der Waals surface area (Å²) in [6.07, 6.45) is 2.61. The Morgan fingerprint density at radius 2 is 2.42 bits per heavy atom. The lowest BCUT2D eigenvalue weighted by molar-refractivity contribution is 0.194. The second-order valence-electron chi connectivity index (χ2n) is 4.18. The largest absolute Gasteiger partial charge is 0.465 e. The smallest absolute Gasteiger partial charge is 0.322 e. The van der Waals surface area contributed by atoms with Crippen molar-refractivity contribution in [1.29, 1.82) is 0 Å². The van der Waals surface area contributed by atoms with Crippen LogP contribution in [0.5, 0.6) is 5.19 Å². The molecule has 2 amide bonds. The minimum Gasteiger partial charge on any atom is -0.465 e. The van der Waals surface area contributed by atoms with Gasteiger partial charge in [0.1, 0.15) is 6.10 Å². The van der Waals surface area contributed by atoms with E-state index in [1.807, 2.05) is 22.9 Å². The van der Waals surface area contributed by atoms with Crippen molar-refractivity contribution >= 4 is 33.7 Å². The quantitative estimate of drug-likeness (QED) is 0.947. The molecular weight excluding hydrogens is 282 g/mol. The predicted molar refractivity (Wildman–Crippen MR) is 76.1 cm³/mol. The maximum absolute atomic E-state index is 12.0. The second-order valence-corrected chi connectivity index (χ2v) is 5.98. The first-order valence-electron chi connectivity index (χ1n) is 5.97. The van der Waals surface area contributed by atoms with Crippen LogP contribution in [0.4, 0.5) is 9.80 Å². The Kier molecular flexibility index (Phi) is 3.65. The van der Waals surface area contributed by atoms with E-state index in [4.69, 9.17) is 4.74 Å². The van der Waals surface area contributed by atoms with Gasteiger partial charge in [0.2, 0.25) is 0 Å². The zero-order valence-corrected chi connectivity index (χ0v) is 11.7. The van der Waals surface area contributed by atoms with Crippen molar-refractivity contribution in [3.8, 4) is 5.19 Å². The van der Waals surface area contributed by atoms with Gasteiger partial charge in [-0.25, -0.2) is 9.78 Å². The van der Waals surface area contributed by atoms with E-state index in [-0.39, 0.29) is 12.1 Å². The van der Waals surface area contributed by atoms with Crippen LogP contribution in [-0.2, 0) is 0 Å². The first-order valence-corrected chi connectivity index (χ1v) is 7.73. The molecule has 100 valence electrons. The molecule has 1 saturated heterocycles. The maximum Gasteiger partial charge on any atom is 0.322 e. The van der Waals surface area contributed by atoms with Crippen LogP contribution in [0.25, 0.3) is 0 Å². The third kappa shape index (κ3) is 3.05. The number of thiazole rings is 1. The molecule has 3 rings (SSSR count). The average Bonchev–Trinajstić information content (AvgIpc) is 3.10. The third-order valence-electron chi connectivity index (χ3n) is 2.86. The summed E-state index contributed by atoms with van der Waals surface area (Å²) in [6, 6.07) is 3.74. The number of nitrogens with one attached hydrogen (secondary N) is 1. The summed E-state index contributed by atoms with van der Waals surface area (Å²) >= 11 is 2.99. The Morgan fingerprint density at radius 1 is 1.47 bits per heavy atom. The van der Waals surface area contributed by atoms with Crippen LogP contribution in [0.15, 0.2) is 29.1 Å². The fourth-order valence-corrected chi connectivity index (χ4v) is 3.11. The lowest BCUT2D eigenvalue weighted by Gasteiger charge is -2.16. The molecule has 7 heteroatoms. The molecule has 0 unspecified atom stereocenters. The highest BCUT2D eigenvalue weighted by Crippen LogP contribution is 2.21. The SMILES string of the molecule is O=C(Nc1cccs1)N1CC[C@@H](Oc2nccs2)C1. The van der Waals surface area contributed by atoms with Gasteiger partial charge < -0.3 is 9.64 Å². The Morgan fingerprint density at radius 3 is 3.16 bits per heavy atom.